The van der Waals surface area contributed by atoms with Crippen molar-refractivity contribution in [2.24, 2.45) is 23.5 Å². The molecule has 4 N–H and O–H groups in total. The van der Waals surface area contributed by atoms with Crippen molar-refractivity contribution in [3.8, 4) is 0 Å². The van der Waals surface area contributed by atoms with Crippen LogP contribution in [0, 0.1) is 17.8 Å². The Balaban J connectivity index is 1.88. The van der Waals surface area contributed by atoms with E-state index in [4.69, 9.17) is 5.73 Å². The SMILES string of the molecule is CC[C@H](C)[C@H](NC(=O)[C@@H](N)C(C)C)C(=O)NC(=O)C1CCN(Cc2ccccc2)CC1. The lowest BCUT2D eigenvalue weighted by molar-refractivity contribution is -0.137. The van der Waals surface area contributed by atoms with Crippen LogP contribution < -0.4 is 16.4 Å². The third-order valence-corrected chi connectivity index (χ3v) is 6.27. The number of benzene rings is 1. The van der Waals surface area contributed by atoms with Crippen molar-refractivity contribution >= 4 is 17.7 Å². The standard InChI is InChI=1S/C24H38N4O3/c1-5-17(4)21(26-23(30)20(25)16(2)3)24(31)27-22(29)19-11-13-28(14-12-19)15-18-9-7-6-8-10-18/h6-10,16-17,19-21H,5,11-15,25H2,1-4H3,(H,26,30)(H,27,29,31)/t17-,20-,21-/m0/s1. The maximum atomic E-state index is 12.8. The van der Waals surface area contributed by atoms with Crippen LogP contribution in [-0.2, 0) is 20.9 Å². The Labute approximate surface area is 186 Å². The number of carbonyl (C=O) groups excluding carboxylic acids is 3. The van der Waals surface area contributed by atoms with E-state index in [0.29, 0.717) is 19.3 Å². The highest BCUT2D eigenvalue weighted by Gasteiger charge is 2.32. The molecule has 7 heteroatoms. The van der Waals surface area contributed by atoms with Crippen molar-refractivity contribution < 1.29 is 14.4 Å². The molecule has 3 amide bonds. The van der Waals surface area contributed by atoms with Crippen LogP contribution in [0.3, 0.4) is 0 Å². The van der Waals surface area contributed by atoms with Gasteiger partial charge in [-0.15, -0.1) is 0 Å². The summed E-state index contributed by atoms with van der Waals surface area (Å²) in [5, 5.41) is 5.31. The molecule has 3 atom stereocenters. The number of hydrogen-bond acceptors (Lipinski definition) is 5. The molecule has 172 valence electrons. The van der Waals surface area contributed by atoms with Gasteiger partial charge in [-0.3, -0.25) is 24.6 Å². The summed E-state index contributed by atoms with van der Waals surface area (Å²) in [6, 6.07) is 8.80. The average Bonchev–Trinajstić information content (AvgIpc) is 2.77. The Kier molecular flexibility index (Phi) is 9.65. The summed E-state index contributed by atoms with van der Waals surface area (Å²) in [4.78, 5) is 40.3. The van der Waals surface area contributed by atoms with Gasteiger partial charge in [0.2, 0.25) is 17.7 Å². The number of imide groups is 1. The average molecular weight is 431 g/mol. The predicted molar refractivity (Wildman–Crippen MR) is 122 cm³/mol. The van der Waals surface area contributed by atoms with Gasteiger partial charge in [-0.2, -0.15) is 0 Å². The Morgan fingerprint density at radius 2 is 1.68 bits per heavy atom. The van der Waals surface area contributed by atoms with Crippen LogP contribution in [0.5, 0.6) is 0 Å². The zero-order valence-corrected chi connectivity index (χ0v) is 19.3. The lowest BCUT2D eigenvalue weighted by Crippen LogP contribution is -2.56. The molecule has 1 aliphatic heterocycles. The first-order valence-corrected chi connectivity index (χ1v) is 11.4. The van der Waals surface area contributed by atoms with Crippen molar-refractivity contribution in [1.82, 2.24) is 15.5 Å². The minimum absolute atomic E-state index is 0.0386. The van der Waals surface area contributed by atoms with Crippen LogP contribution >= 0.6 is 0 Å². The van der Waals surface area contributed by atoms with Crippen LogP contribution in [0.25, 0.3) is 0 Å². The van der Waals surface area contributed by atoms with Gasteiger partial charge in [-0.1, -0.05) is 64.4 Å². The van der Waals surface area contributed by atoms with Crippen LogP contribution in [0.15, 0.2) is 30.3 Å². The van der Waals surface area contributed by atoms with Gasteiger partial charge in [-0.05, 0) is 43.3 Å². The van der Waals surface area contributed by atoms with Gasteiger partial charge >= 0.3 is 0 Å². The molecule has 7 nitrogen and oxygen atoms in total. The van der Waals surface area contributed by atoms with Gasteiger partial charge in [0.05, 0.1) is 6.04 Å². The number of likely N-dealkylation sites (tertiary alicyclic amines) is 1. The second-order valence-corrected chi connectivity index (χ2v) is 9.03. The van der Waals surface area contributed by atoms with E-state index in [2.05, 4.69) is 27.7 Å². The molecule has 0 bridgehead atoms. The van der Waals surface area contributed by atoms with Crippen molar-refractivity contribution in [3.63, 3.8) is 0 Å². The number of hydrogen-bond donors (Lipinski definition) is 3. The molecule has 1 heterocycles. The lowest BCUT2D eigenvalue weighted by atomic mass is 9.94. The number of nitrogens with one attached hydrogen (secondary N) is 2. The number of rotatable bonds is 9. The maximum absolute atomic E-state index is 12.8. The highest BCUT2D eigenvalue weighted by atomic mass is 16.2. The first kappa shape index (κ1) is 25.0. The number of amides is 3. The zero-order valence-electron chi connectivity index (χ0n) is 19.3. The maximum Gasteiger partial charge on any atom is 0.249 e. The molecule has 0 unspecified atom stereocenters. The molecule has 0 spiro atoms. The minimum Gasteiger partial charge on any atom is -0.343 e. The molecule has 0 aromatic heterocycles. The highest BCUT2D eigenvalue weighted by molar-refractivity contribution is 6.00. The van der Waals surface area contributed by atoms with Gasteiger partial charge in [0, 0.05) is 12.5 Å². The number of carbonyl (C=O) groups is 3. The fourth-order valence-corrected chi connectivity index (χ4v) is 3.75. The van der Waals surface area contributed by atoms with E-state index in [1.165, 1.54) is 5.56 Å². The molecule has 1 aromatic carbocycles. The summed E-state index contributed by atoms with van der Waals surface area (Å²) in [7, 11) is 0. The molecule has 31 heavy (non-hydrogen) atoms. The largest absolute Gasteiger partial charge is 0.343 e. The Hall–Kier alpha value is -2.25. The highest BCUT2D eigenvalue weighted by Crippen LogP contribution is 2.19. The summed E-state index contributed by atoms with van der Waals surface area (Å²) in [6.07, 6.45) is 2.12. The molecule has 0 saturated carbocycles. The fraction of sp³-hybridized carbons (Fsp3) is 0.625. The van der Waals surface area contributed by atoms with Crippen LogP contribution in [0.4, 0.5) is 0 Å². The van der Waals surface area contributed by atoms with E-state index in [9.17, 15) is 14.4 Å². The minimum atomic E-state index is -0.774. The quantitative estimate of drug-likeness (QED) is 0.556. The van der Waals surface area contributed by atoms with E-state index in [0.717, 1.165) is 19.6 Å². The van der Waals surface area contributed by atoms with Crippen molar-refractivity contribution in [1.29, 1.82) is 0 Å². The zero-order chi connectivity index (χ0) is 23.0. The van der Waals surface area contributed by atoms with Crippen molar-refractivity contribution in [2.75, 3.05) is 13.1 Å². The van der Waals surface area contributed by atoms with E-state index in [-0.39, 0.29) is 29.6 Å². The second-order valence-electron chi connectivity index (χ2n) is 9.03. The molecule has 0 aliphatic carbocycles. The summed E-state index contributed by atoms with van der Waals surface area (Å²) in [6.45, 7) is 10.0. The third kappa shape index (κ3) is 7.43. The lowest BCUT2D eigenvalue weighted by Gasteiger charge is -2.32. The first-order valence-electron chi connectivity index (χ1n) is 11.4. The first-order chi connectivity index (χ1) is 14.7. The Bertz CT molecular complexity index is 730. The summed E-state index contributed by atoms with van der Waals surface area (Å²) in [5.74, 6) is -1.40. The van der Waals surface area contributed by atoms with E-state index in [1.807, 2.05) is 45.9 Å². The second kappa shape index (κ2) is 12.0. The molecule has 1 aliphatic rings. The summed E-state index contributed by atoms with van der Waals surface area (Å²) >= 11 is 0. The normalized spacial score (nSPS) is 18.3. The molecule has 1 aromatic rings. The van der Waals surface area contributed by atoms with Crippen molar-refractivity contribution in [2.45, 2.75) is 65.6 Å². The number of nitrogens with two attached hydrogens (primary N) is 1. The number of piperidine rings is 1. The molecule has 2 rings (SSSR count). The van der Waals surface area contributed by atoms with Gasteiger partial charge in [0.1, 0.15) is 6.04 Å². The smallest absolute Gasteiger partial charge is 0.249 e. The number of nitrogens with zero attached hydrogens (tertiary/aromatic N) is 1. The third-order valence-electron chi connectivity index (χ3n) is 6.27. The fourth-order valence-electron chi connectivity index (χ4n) is 3.75. The van der Waals surface area contributed by atoms with Crippen LogP contribution in [0.2, 0.25) is 0 Å². The Morgan fingerprint density at radius 1 is 1.06 bits per heavy atom. The van der Waals surface area contributed by atoms with Gasteiger partial charge in [-0.25, -0.2) is 0 Å². The summed E-state index contributed by atoms with van der Waals surface area (Å²) < 4.78 is 0. The van der Waals surface area contributed by atoms with Gasteiger partial charge in [0.25, 0.3) is 0 Å². The van der Waals surface area contributed by atoms with Crippen LogP contribution in [0.1, 0.15) is 52.5 Å². The molecular weight excluding hydrogens is 392 g/mol. The van der Waals surface area contributed by atoms with E-state index < -0.39 is 18.0 Å². The Morgan fingerprint density at radius 3 is 2.23 bits per heavy atom. The summed E-state index contributed by atoms with van der Waals surface area (Å²) in [5.41, 5.74) is 7.18. The molecule has 0 radical (unpaired) electrons. The molecule has 1 fully saturated rings. The van der Waals surface area contributed by atoms with Gasteiger partial charge in [0.15, 0.2) is 0 Å². The topological polar surface area (TPSA) is 105 Å². The molecular formula is C24H38N4O3. The van der Waals surface area contributed by atoms with Crippen LogP contribution in [-0.4, -0.2) is 47.8 Å². The van der Waals surface area contributed by atoms with Crippen molar-refractivity contribution in [3.05, 3.63) is 35.9 Å². The van der Waals surface area contributed by atoms with E-state index >= 15 is 0 Å². The van der Waals surface area contributed by atoms with Gasteiger partial charge < -0.3 is 11.1 Å². The monoisotopic (exact) mass is 430 g/mol. The predicted octanol–water partition coefficient (Wildman–Crippen LogP) is 2.06. The van der Waals surface area contributed by atoms with E-state index in [1.54, 1.807) is 0 Å². The molecule has 1 saturated heterocycles.